The van der Waals surface area contributed by atoms with E-state index in [0.717, 1.165) is 4.70 Å². The van der Waals surface area contributed by atoms with Crippen molar-refractivity contribution in [3.63, 3.8) is 0 Å². The molecule has 2 aromatic carbocycles. The van der Waals surface area contributed by atoms with Crippen LogP contribution in [0.5, 0.6) is 0 Å². The lowest BCUT2D eigenvalue weighted by molar-refractivity contribution is -0.132. The lowest BCUT2D eigenvalue weighted by Crippen LogP contribution is -2.29. The van der Waals surface area contributed by atoms with E-state index in [-0.39, 0.29) is 11.3 Å². The minimum atomic E-state index is -0.896. The van der Waals surface area contributed by atoms with Crippen LogP contribution in [0.1, 0.15) is 17.2 Å². The Labute approximate surface area is 196 Å². The molecule has 1 amide bonds. The van der Waals surface area contributed by atoms with E-state index in [0.29, 0.717) is 31.8 Å². The first-order chi connectivity index (χ1) is 15.5. The number of nitrogens with zero attached hydrogens (tertiary/aromatic N) is 3. The second kappa shape index (κ2) is 8.02. The van der Waals surface area contributed by atoms with Crippen LogP contribution in [0.2, 0.25) is 10.0 Å². The van der Waals surface area contributed by atoms with E-state index in [1.165, 1.54) is 22.4 Å². The molecule has 1 fully saturated rings. The molecule has 1 unspecified atom stereocenters. The van der Waals surface area contributed by atoms with E-state index in [1.807, 2.05) is 6.07 Å². The molecule has 0 aliphatic carbocycles. The largest absolute Gasteiger partial charge is 0.507 e. The molecule has 1 atom stereocenters. The summed E-state index contributed by atoms with van der Waals surface area (Å²) in [5.74, 6) is -1.90. The molecule has 6 nitrogen and oxygen atoms in total. The van der Waals surface area contributed by atoms with Crippen molar-refractivity contribution < 1.29 is 14.7 Å². The van der Waals surface area contributed by atoms with Crippen LogP contribution in [0.3, 0.4) is 0 Å². The molecule has 32 heavy (non-hydrogen) atoms. The standard InChI is InChI=1S/C23H13Cl2N3O3S/c24-14-8-6-12(7-9-14)19-17(20(29)13-3-2-10-26-11-13)21(30)22(31)28(19)23-27-18-15(25)4-1-5-16(18)32-23/h1-11,19,29H. The molecule has 1 saturated heterocycles. The van der Waals surface area contributed by atoms with Gasteiger partial charge in [0, 0.05) is 23.0 Å². The summed E-state index contributed by atoms with van der Waals surface area (Å²) in [4.78, 5) is 36.2. The molecule has 0 spiro atoms. The number of thiazole rings is 1. The van der Waals surface area contributed by atoms with E-state index in [4.69, 9.17) is 23.2 Å². The molecule has 3 heterocycles. The first-order valence-electron chi connectivity index (χ1n) is 9.47. The van der Waals surface area contributed by atoms with Crippen LogP contribution in [0.25, 0.3) is 16.0 Å². The number of aliphatic hydroxyl groups is 1. The number of Topliss-reactive ketones (excluding diaryl/α,β-unsaturated/α-hetero) is 1. The number of pyridine rings is 1. The van der Waals surface area contributed by atoms with E-state index >= 15 is 0 Å². The Balaban J connectivity index is 1.75. The number of halogens is 2. The summed E-state index contributed by atoms with van der Waals surface area (Å²) in [5.41, 5.74) is 1.43. The highest BCUT2D eigenvalue weighted by atomic mass is 35.5. The number of carbonyl (C=O) groups excluding carboxylic acids is 2. The first kappa shape index (κ1) is 20.6. The Morgan fingerprint density at radius 2 is 1.81 bits per heavy atom. The summed E-state index contributed by atoms with van der Waals surface area (Å²) in [6, 6.07) is 14.4. The summed E-state index contributed by atoms with van der Waals surface area (Å²) in [7, 11) is 0. The number of rotatable bonds is 3. The van der Waals surface area contributed by atoms with Crippen molar-refractivity contribution in [1.29, 1.82) is 0 Å². The van der Waals surface area contributed by atoms with Gasteiger partial charge in [0.1, 0.15) is 11.3 Å². The second-order valence-corrected chi connectivity index (χ2v) is 8.90. The SMILES string of the molecule is O=C1C(=O)N(c2nc3c(Cl)cccc3s2)C(c2ccc(Cl)cc2)C1=C(O)c1cccnc1. The Hall–Kier alpha value is -3.26. The van der Waals surface area contributed by atoms with Crippen LogP contribution in [0.15, 0.2) is 72.6 Å². The Kier molecular flexibility index (Phi) is 5.17. The van der Waals surface area contributed by atoms with Crippen molar-refractivity contribution in [2.24, 2.45) is 0 Å². The zero-order chi connectivity index (χ0) is 22.4. The van der Waals surface area contributed by atoms with Crippen molar-refractivity contribution in [2.45, 2.75) is 6.04 Å². The maximum absolute atomic E-state index is 13.2. The third kappa shape index (κ3) is 3.35. The normalized spacial score (nSPS) is 17.9. The molecule has 1 aliphatic rings. The fourth-order valence-electron chi connectivity index (χ4n) is 3.65. The van der Waals surface area contributed by atoms with Crippen LogP contribution in [-0.4, -0.2) is 26.8 Å². The predicted molar refractivity (Wildman–Crippen MR) is 125 cm³/mol. The molecule has 4 aromatic rings. The number of anilines is 1. The van der Waals surface area contributed by atoms with Gasteiger partial charge in [0.25, 0.3) is 5.78 Å². The molecule has 9 heteroatoms. The number of hydrogen-bond donors (Lipinski definition) is 1. The van der Waals surface area contributed by atoms with Gasteiger partial charge in [0.15, 0.2) is 5.13 Å². The van der Waals surface area contributed by atoms with Gasteiger partial charge in [0.05, 0.1) is 21.3 Å². The van der Waals surface area contributed by atoms with E-state index in [2.05, 4.69) is 9.97 Å². The molecular formula is C23H13Cl2N3O3S. The van der Waals surface area contributed by atoms with Gasteiger partial charge in [-0.05, 0) is 42.0 Å². The number of hydrogen-bond acceptors (Lipinski definition) is 6. The maximum Gasteiger partial charge on any atom is 0.301 e. The van der Waals surface area contributed by atoms with Gasteiger partial charge in [-0.25, -0.2) is 4.98 Å². The van der Waals surface area contributed by atoms with Crippen molar-refractivity contribution in [2.75, 3.05) is 4.90 Å². The molecule has 1 aliphatic heterocycles. The van der Waals surface area contributed by atoms with Gasteiger partial charge >= 0.3 is 5.91 Å². The summed E-state index contributed by atoms with van der Waals surface area (Å²) in [6.07, 6.45) is 2.98. The molecular weight excluding hydrogens is 469 g/mol. The molecule has 1 N–H and O–H groups in total. The molecule has 0 radical (unpaired) electrons. The predicted octanol–water partition coefficient (Wildman–Crippen LogP) is 5.62. The minimum absolute atomic E-state index is 0.0457. The summed E-state index contributed by atoms with van der Waals surface area (Å²) in [6.45, 7) is 0. The summed E-state index contributed by atoms with van der Waals surface area (Å²) in [5, 5.41) is 12.3. The van der Waals surface area contributed by atoms with Crippen LogP contribution < -0.4 is 4.90 Å². The quantitative estimate of drug-likeness (QED) is 0.233. The lowest BCUT2D eigenvalue weighted by Gasteiger charge is -2.23. The summed E-state index contributed by atoms with van der Waals surface area (Å²) < 4.78 is 0.775. The molecule has 0 saturated carbocycles. The number of ketones is 1. The highest BCUT2D eigenvalue weighted by Crippen LogP contribution is 2.45. The molecule has 0 bridgehead atoms. The van der Waals surface area contributed by atoms with E-state index in [9.17, 15) is 14.7 Å². The van der Waals surface area contributed by atoms with Gasteiger partial charge in [-0.1, -0.05) is 52.7 Å². The number of aliphatic hydroxyl groups excluding tert-OH is 1. The van der Waals surface area contributed by atoms with E-state index in [1.54, 1.807) is 54.7 Å². The fraction of sp³-hybridized carbons (Fsp3) is 0.0435. The zero-order valence-electron chi connectivity index (χ0n) is 16.2. The Morgan fingerprint density at radius 1 is 1.03 bits per heavy atom. The Morgan fingerprint density at radius 3 is 2.50 bits per heavy atom. The average Bonchev–Trinajstić information content (AvgIpc) is 3.34. The van der Waals surface area contributed by atoms with Crippen LogP contribution in [0.4, 0.5) is 5.13 Å². The second-order valence-electron chi connectivity index (χ2n) is 7.05. The van der Waals surface area contributed by atoms with Crippen molar-refractivity contribution in [3.05, 3.63) is 93.7 Å². The number of fused-ring (bicyclic) bond motifs is 1. The van der Waals surface area contributed by atoms with Crippen LogP contribution in [0, 0.1) is 0 Å². The van der Waals surface area contributed by atoms with E-state index < -0.39 is 17.7 Å². The third-order valence-electron chi connectivity index (χ3n) is 5.13. The Bertz CT molecular complexity index is 1400. The topological polar surface area (TPSA) is 83.4 Å². The monoisotopic (exact) mass is 481 g/mol. The van der Waals surface area contributed by atoms with Gasteiger partial charge in [-0.15, -0.1) is 0 Å². The number of aromatic nitrogens is 2. The highest BCUT2D eigenvalue weighted by Gasteiger charge is 2.48. The fourth-order valence-corrected chi connectivity index (χ4v) is 5.07. The number of carbonyl (C=O) groups is 2. The highest BCUT2D eigenvalue weighted by molar-refractivity contribution is 7.22. The smallest absolute Gasteiger partial charge is 0.301 e. The van der Waals surface area contributed by atoms with Crippen LogP contribution >= 0.6 is 34.5 Å². The average molecular weight is 482 g/mol. The maximum atomic E-state index is 13.2. The number of para-hydroxylation sites is 1. The summed E-state index contributed by atoms with van der Waals surface area (Å²) >= 11 is 13.6. The minimum Gasteiger partial charge on any atom is -0.507 e. The van der Waals surface area contributed by atoms with Crippen molar-refractivity contribution in [1.82, 2.24) is 9.97 Å². The van der Waals surface area contributed by atoms with Gasteiger partial charge < -0.3 is 5.11 Å². The molecule has 2 aromatic heterocycles. The number of benzene rings is 2. The van der Waals surface area contributed by atoms with Crippen molar-refractivity contribution >= 4 is 67.3 Å². The van der Waals surface area contributed by atoms with Gasteiger partial charge in [0.2, 0.25) is 0 Å². The van der Waals surface area contributed by atoms with Gasteiger partial charge in [-0.2, -0.15) is 0 Å². The van der Waals surface area contributed by atoms with Crippen LogP contribution in [-0.2, 0) is 9.59 Å². The first-order valence-corrected chi connectivity index (χ1v) is 11.0. The number of amides is 1. The molecule has 158 valence electrons. The van der Waals surface area contributed by atoms with Gasteiger partial charge in [-0.3, -0.25) is 19.5 Å². The third-order valence-corrected chi connectivity index (χ3v) is 6.71. The molecule has 5 rings (SSSR count). The lowest BCUT2D eigenvalue weighted by atomic mass is 9.96. The van der Waals surface area contributed by atoms with Crippen molar-refractivity contribution in [3.8, 4) is 0 Å². The zero-order valence-corrected chi connectivity index (χ0v) is 18.5.